The zero-order chi connectivity index (χ0) is 18.5. The van der Waals surface area contributed by atoms with Crippen LogP contribution in [0.4, 0.5) is 0 Å². The van der Waals surface area contributed by atoms with Crippen molar-refractivity contribution in [1.29, 1.82) is 0 Å². The summed E-state index contributed by atoms with van der Waals surface area (Å²) in [5, 5.41) is -0.238. The molecule has 0 bridgehead atoms. The van der Waals surface area contributed by atoms with Crippen molar-refractivity contribution in [2.24, 2.45) is 0 Å². The second kappa shape index (κ2) is 16.9. The summed E-state index contributed by atoms with van der Waals surface area (Å²) in [6.45, 7) is 5.43. The first kappa shape index (κ1) is 38.8. The topological polar surface area (TPSA) is 138 Å². The Labute approximate surface area is 196 Å². The molecule has 0 spiro atoms. The zero-order valence-electron chi connectivity index (χ0n) is 16.6. The number of rotatable bonds is 4. The molecule has 0 amide bonds. The van der Waals surface area contributed by atoms with Gasteiger partial charge in [0.1, 0.15) is 0 Å². The van der Waals surface area contributed by atoms with E-state index in [4.69, 9.17) is 0 Å². The van der Waals surface area contributed by atoms with Crippen molar-refractivity contribution in [1.82, 2.24) is 0 Å². The molecule has 0 unspecified atom stereocenters. The third-order valence-electron chi connectivity index (χ3n) is 2.45. The fourth-order valence-corrected chi connectivity index (χ4v) is 12.6. The minimum Gasteiger partial charge on any atom is -0.848 e. The molecule has 0 rings (SSSR count). The molecule has 25 heavy (non-hydrogen) atoms. The normalized spacial score (nSPS) is 12.0. The molecule has 0 aromatic heterocycles. The Balaban J connectivity index is -0.0000000952. The van der Waals surface area contributed by atoms with E-state index in [1.807, 2.05) is 0 Å². The molecule has 0 saturated carbocycles. The van der Waals surface area contributed by atoms with Crippen molar-refractivity contribution in [2.75, 3.05) is 0 Å². The Kier molecular flexibility index (Phi) is 26.2. The van der Waals surface area contributed by atoms with Gasteiger partial charge in [-0.3, -0.25) is 0 Å². The summed E-state index contributed by atoms with van der Waals surface area (Å²) < 4.78 is 0. The van der Waals surface area contributed by atoms with Crippen LogP contribution in [0.5, 0.6) is 0 Å². The van der Waals surface area contributed by atoms with Crippen LogP contribution in [-0.4, -0.2) is 21.0 Å². The average molecular weight is 591 g/mol. The van der Waals surface area contributed by atoms with Crippen LogP contribution in [0, 0.1) is 0 Å². The Bertz CT molecular complexity index is 383. The van der Waals surface area contributed by atoms with E-state index in [9.17, 15) is 29.4 Å². The quantitative estimate of drug-likeness (QED) is 0.284. The third-order valence-corrected chi connectivity index (χ3v) is 15.5. The number of hydrogen-bond donors (Lipinski definition) is 0. The molecule has 0 aromatic carbocycles. The van der Waals surface area contributed by atoms with Gasteiger partial charge in [0.25, 0.3) is 0 Å². The van der Waals surface area contributed by atoms with Gasteiger partial charge in [0, 0.05) is 0 Å². The van der Waals surface area contributed by atoms with Gasteiger partial charge in [0.15, 0.2) is 0 Å². The van der Waals surface area contributed by atoms with Crippen molar-refractivity contribution in [3.63, 3.8) is 0 Å². The zero-order valence-corrected chi connectivity index (χ0v) is 28.9. The third kappa shape index (κ3) is 17.7. The molecular weight excluding hydrogens is 562 g/mol. The molecule has 0 N–H and O–H groups in total. The fourth-order valence-electron chi connectivity index (χ4n) is 2.12. The Hall–Kier alpha value is 3.19. The largest absolute Gasteiger partial charge is 2.00 e. The van der Waals surface area contributed by atoms with Gasteiger partial charge < -0.3 is 42.8 Å². The summed E-state index contributed by atoms with van der Waals surface area (Å²) in [6.07, 6.45) is 0. The predicted octanol–water partition coefficient (Wildman–Crippen LogP) is -1.65. The standard InChI is InChI=1S/2C6H14O3PS.3Zn/c2*1-5(2)11(6(3)4)10(7,8)9;;;/h2*5-6H,1-4H3;;;/q2*-3;3*+2. The van der Waals surface area contributed by atoms with Crippen LogP contribution in [-0.2, 0) is 78.6 Å². The molecule has 0 aliphatic carbocycles. The van der Waals surface area contributed by atoms with E-state index >= 15 is 0 Å². The van der Waals surface area contributed by atoms with Gasteiger partial charge in [-0.05, 0) is 21.0 Å². The van der Waals surface area contributed by atoms with Gasteiger partial charge in [0.2, 0.25) is 0 Å². The van der Waals surface area contributed by atoms with Gasteiger partial charge in [-0.15, -0.1) is 0 Å². The molecule has 0 aliphatic heterocycles. The molecule has 13 heteroatoms. The minimum absolute atomic E-state index is 0. The molecule has 0 radical (unpaired) electrons. The summed E-state index contributed by atoms with van der Waals surface area (Å²) in [5.41, 5.74) is 0. The molecule has 6 nitrogen and oxygen atoms in total. The predicted molar refractivity (Wildman–Crippen MR) is 89.1 cm³/mol. The van der Waals surface area contributed by atoms with Crippen LogP contribution >= 0.6 is 13.4 Å². The van der Waals surface area contributed by atoms with E-state index in [-0.39, 0.29) is 79.4 Å². The maximum absolute atomic E-state index is 10.7. The summed E-state index contributed by atoms with van der Waals surface area (Å²) >= 11 is 0. The van der Waals surface area contributed by atoms with E-state index < -0.39 is 33.6 Å². The molecule has 140 valence electrons. The van der Waals surface area contributed by atoms with E-state index in [0.717, 1.165) is 0 Å². The van der Waals surface area contributed by atoms with Crippen LogP contribution in [0.1, 0.15) is 55.4 Å². The maximum Gasteiger partial charge on any atom is 2.00 e. The van der Waals surface area contributed by atoms with E-state index in [0.29, 0.717) is 0 Å². The summed E-state index contributed by atoms with van der Waals surface area (Å²) in [4.78, 5) is 64.2. The van der Waals surface area contributed by atoms with E-state index in [1.165, 1.54) is 0 Å². The van der Waals surface area contributed by atoms with Gasteiger partial charge in [0.05, 0.1) is 0 Å². The minimum atomic E-state index is -4.36. The molecule has 0 saturated heterocycles. The van der Waals surface area contributed by atoms with E-state index in [2.05, 4.69) is 0 Å². The molecule has 0 fully saturated rings. The van der Waals surface area contributed by atoms with Gasteiger partial charge in [-0.2, -0.15) is 0 Å². The Morgan fingerprint density at radius 1 is 0.440 bits per heavy atom. The van der Waals surface area contributed by atoms with Crippen LogP contribution in [0.15, 0.2) is 0 Å². The van der Waals surface area contributed by atoms with Gasteiger partial charge >= 0.3 is 58.4 Å². The smallest absolute Gasteiger partial charge is 0.848 e. The molecule has 0 aliphatic rings. The van der Waals surface area contributed by atoms with Crippen molar-refractivity contribution >= 4 is 33.6 Å². The van der Waals surface area contributed by atoms with Crippen LogP contribution in [0.3, 0.4) is 0 Å². The van der Waals surface area contributed by atoms with Crippen LogP contribution in [0.25, 0.3) is 0 Å². The van der Waals surface area contributed by atoms with Crippen molar-refractivity contribution in [3.8, 4) is 0 Å². The molecule has 0 heterocycles. The summed E-state index contributed by atoms with van der Waals surface area (Å²) in [7, 11) is -2.00. The van der Waals surface area contributed by atoms with Crippen LogP contribution in [0.2, 0.25) is 0 Å². The average Bonchev–Trinajstić information content (AvgIpc) is 2.08. The van der Waals surface area contributed by atoms with Crippen molar-refractivity contribution in [3.05, 3.63) is 0 Å². The first-order chi connectivity index (χ1) is 9.53. The summed E-state index contributed by atoms with van der Waals surface area (Å²) in [5.74, 6) is 0. The molecule has 0 aromatic rings. The maximum atomic E-state index is 10.7. The second-order valence-corrected chi connectivity index (χ2v) is 17.9. The first-order valence-electron chi connectivity index (χ1n) is 7.02. The fraction of sp³-hybridized carbons (Fsp3) is 1.00. The second-order valence-electron chi connectivity index (χ2n) is 5.78. The van der Waals surface area contributed by atoms with Crippen molar-refractivity contribution in [2.45, 2.75) is 76.4 Å². The molecule has 0 atom stereocenters. The van der Waals surface area contributed by atoms with Crippen LogP contribution < -0.4 is 29.4 Å². The Morgan fingerprint density at radius 2 is 0.560 bits per heavy atom. The summed E-state index contributed by atoms with van der Waals surface area (Å²) in [6, 6.07) is 0. The van der Waals surface area contributed by atoms with Gasteiger partial charge in [-0.1, -0.05) is 55.4 Å². The monoisotopic (exact) mass is 586 g/mol. The first-order valence-corrected chi connectivity index (χ1v) is 14.0. The SMILES string of the molecule is CC(C)S(C(C)C)=P([O-])([O-])[O-].CC(C)S(C(C)C)=P([O-])([O-])[O-].[Zn+2].[Zn+2].[Zn+2]. The number of hydrogen-bond acceptors (Lipinski definition) is 6. The van der Waals surface area contributed by atoms with Crippen molar-refractivity contribution < 1.29 is 87.8 Å². The van der Waals surface area contributed by atoms with E-state index in [1.54, 1.807) is 55.4 Å². The van der Waals surface area contributed by atoms with Gasteiger partial charge in [-0.25, -0.2) is 20.1 Å². The molecular formula is C12H28O6P2S2Zn3. The Morgan fingerprint density at radius 3 is 0.560 bits per heavy atom.